The Morgan fingerprint density at radius 3 is 2.85 bits per heavy atom. The van der Waals surface area contributed by atoms with E-state index >= 15 is 0 Å². The Labute approximate surface area is 122 Å². The fraction of sp³-hybridized carbons (Fsp3) is 0.538. The highest BCUT2D eigenvalue weighted by atomic mass is 32.1. The summed E-state index contributed by atoms with van der Waals surface area (Å²) >= 11 is 1.65. The van der Waals surface area contributed by atoms with E-state index in [1.807, 2.05) is 22.4 Å². The number of carbonyl (C=O) groups excluding carboxylic acids is 2. The summed E-state index contributed by atoms with van der Waals surface area (Å²) in [5.74, 6) is -0.277. The van der Waals surface area contributed by atoms with E-state index in [4.69, 9.17) is 4.74 Å². The number of imide groups is 1. The van der Waals surface area contributed by atoms with Crippen LogP contribution < -0.4 is 10.6 Å². The Morgan fingerprint density at radius 2 is 2.15 bits per heavy atom. The van der Waals surface area contributed by atoms with E-state index in [2.05, 4.69) is 10.6 Å². The molecule has 0 unspecified atom stereocenters. The van der Waals surface area contributed by atoms with Crippen molar-refractivity contribution in [3.8, 4) is 0 Å². The first-order chi connectivity index (χ1) is 9.74. The number of ether oxygens (including phenoxy) is 1. The van der Waals surface area contributed by atoms with Crippen LogP contribution >= 0.6 is 11.3 Å². The molecular weight excluding hydrogens is 278 g/mol. The summed E-state index contributed by atoms with van der Waals surface area (Å²) in [4.78, 5) is 26.4. The molecule has 0 aliphatic carbocycles. The zero-order valence-electron chi connectivity index (χ0n) is 11.3. The number of nitrogens with one attached hydrogen (secondary N) is 2. The van der Waals surface area contributed by atoms with E-state index in [-0.39, 0.29) is 12.5 Å². The lowest BCUT2D eigenvalue weighted by Crippen LogP contribution is -2.47. The Bertz CT molecular complexity index is 430. The summed E-state index contributed by atoms with van der Waals surface area (Å²) < 4.78 is 5.20. The van der Waals surface area contributed by atoms with Crippen LogP contribution in [0, 0.1) is 0 Å². The number of morpholine rings is 1. The first kappa shape index (κ1) is 15.0. The lowest BCUT2D eigenvalue weighted by Gasteiger charge is -2.25. The summed E-state index contributed by atoms with van der Waals surface area (Å²) in [6, 6.07) is 3.57. The molecule has 0 saturated carbocycles. The maximum absolute atomic E-state index is 11.7. The second-order valence-corrected chi connectivity index (χ2v) is 5.55. The van der Waals surface area contributed by atoms with Crippen LogP contribution in [0.25, 0.3) is 0 Å². The van der Waals surface area contributed by atoms with E-state index < -0.39 is 6.03 Å². The van der Waals surface area contributed by atoms with Gasteiger partial charge in [0.15, 0.2) is 0 Å². The minimum absolute atomic E-state index is 0.238. The van der Waals surface area contributed by atoms with Crippen molar-refractivity contribution >= 4 is 23.3 Å². The molecule has 1 aromatic heterocycles. The Kier molecular flexibility index (Phi) is 5.97. The minimum atomic E-state index is -0.431. The molecule has 0 bridgehead atoms. The standard InChI is InChI=1S/C13H19N3O3S/c17-12(10-16-5-7-19-8-6-16)15-13(18)14-4-3-11-2-1-9-20-11/h1-2,9H,3-8,10H2,(H2,14,15,17,18). The molecule has 1 fully saturated rings. The van der Waals surface area contributed by atoms with Gasteiger partial charge in [-0.3, -0.25) is 15.0 Å². The van der Waals surface area contributed by atoms with Gasteiger partial charge in [-0.2, -0.15) is 0 Å². The van der Waals surface area contributed by atoms with Crippen LogP contribution in [0.15, 0.2) is 17.5 Å². The van der Waals surface area contributed by atoms with Gasteiger partial charge in [0.1, 0.15) is 0 Å². The van der Waals surface area contributed by atoms with Crippen molar-refractivity contribution in [2.24, 2.45) is 0 Å². The predicted octanol–water partition coefficient (Wildman–Crippen LogP) is 0.449. The zero-order chi connectivity index (χ0) is 14.2. The molecule has 2 heterocycles. The molecule has 6 nitrogen and oxygen atoms in total. The first-order valence-corrected chi connectivity index (χ1v) is 7.52. The highest BCUT2D eigenvalue weighted by Crippen LogP contribution is 2.07. The molecule has 2 rings (SSSR count). The van der Waals surface area contributed by atoms with Crippen molar-refractivity contribution in [1.29, 1.82) is 0 Å². The van der Waals surface area contributed by atoms with Gasteiger partial charge in [-0.1, -0.05) is 6.07 Å². The van der Waals surface area contributed by atoms with Gasteiger partial charge in [-0.05, 0) is 17.9 Å². The van der Waals surface area contributed by atoms with E-state index in [0.29, 0.717) is 19.8 Å². The second-order valence-electron chi connectivity index (χ2n) is 4.52. The molecule has 7 heteroatoms. The molecular formula is C13H19N3O3S. The maximum atomic E-state index is 11.7. The van der Waals surface area contributed by atoms with Crippen LogP contribution in [-0.2, 0) is 16.0 Å². The molecule has 0 spiro atoms. The number of carbonyl (C=O) groups is 2. The molecule has 0 aromatic carbocycles. The van der Waals surface area contributed by atoms with E-state index in [0.717, 1.165) is 19.5 Å². The van der Waals surface area contributed by atoms with Crippen LogP contribution in [-0.4, -0.2) is 56.2 Å². The highest BCUT2D eigenvalue weighted by molar-refractivity contribution is 7.09. The van der Waals surface area contributed by atoms with Gasteiger partial charge in [0.2, 0.25) is 5.91 Å². The predicted molar refractivity (Wildman–Crippen MR) is 76.8 cm³/mol. The average molecular weight is 297 g/mol. The molecule has 2 N–H and O–H groups in total. The van der Waals surface area contributed by atoms with Crippen LogP contribution in [0.3, 0.4) is 0 Å². The third-order valence-electron chi connectivity index (χ3n) is 2.96. The SMILES string of the molecule is O=C(CN1CCOCC1)NC(=O)NCCc1cccs1. The molecule has 0 atom stereocenters. The molecule has 110 valence electrons. The van der Waals surface area contributed by atoms with Gasteiger partial charge in [-0.25, -0.2) is 4.79 Å². The molecule has 1 aliphatic heterocycles. The quantitative estimate of drug-likeness (QED) is 0.828. The fourth-order valence-electron chi connectivity index (χ4n) is 1.93. The first-order valence-electron chi connectivity index (χ1n) is 6.64. The highest BCUT2D eigenvalue weighted by Gasteiger charge is 2.15. The van der Waals surface area contributed by atoms with Gasteiger partial charge in [0, 0.05) is 24.5 Å². The lowest BCUT2D eigenvalue weighted by molar-refractivity contribution is -0.122. The van der Waals surface area contributed by atoms with Crippen molar-refractivity contribution in [2.75, 3.05) is 39.4 Å². The van der Waals surface area contributed by atoms with Crippen molar-refractivity contribution in [3.05, 3.63) is 22.4 Å². The van der Waals surface area contributed by atoms with Gasteiger partial charge in [0.05, 0.1) is 19.8 Å². The lowest BCUT2D eigenvalue weighted by atomic mass is 10.3. The van der Waals surface area contributed by atoms with Gasteiger partial charge < -0.3 is 10.1 Å². The number of hydrogen-bond donors (Lipinski definition) is 2. The third-order valence-corrected chi connectivity index (χ3v) is 3.90. The second kappa shape index (κ2) is 7.98. The molecule has 1 aliphatic rings. The van der Waals surface area contributed by atoms with Crippen molar-refractivity contribution in [3.63, 3.8) is 0 Å². The Balaban J connectivity index is 1.59. The molecule has 0 radical (unpaired) electrons. The van der Waals surface area contributed by atoms with E-state index in [1.54, 1.807) is 11.3 Å². The van der Waals surface area contributed by atoms with Gasteiger partial charge in [-0.15, -0.1) is 11.3 Å². The van der Waals surface area contributed by atoms with Crippen molar-refractivity contribution in [2.45, 2.75) is 6.42 Å². The number of urea groups is 1. The smallest absolute Gasteiger partial charge is 0.321 e. The summed E-state index contributed by atoms with van der Waals surface area (Å²) in [6.45, 7) is 3.50. The fourth-order valence-corrected chi connectivity index (χ4v) is 2.64. The van der Waals surface area contributed by atoms with Crippen LogP contribution in [0.1, 0.15) is 4.88 Å². The average Bonchev–Trinajstić information content (AvgIpc) is 2.93. The van der Waals surface area contributed by atoms with E-state index in [9.17, 15) is 9.59 Å². The van der Waals surface area contributed by atoms with Gasteiger partial charge in [0.25, 0.3) is 0 Å². The van der Waals surface area contributed by atoms with Crippen molar-refractivity contribution < 1.29 is 14.3 Å². The number of rotatable bonds is 5. The Morgan fingerprint density at radius 1 is 1.35 bits per heavy atom. The van der Waals surface area contributed by atoms with Crippen LogP contribution in [0.2, 0.25) is 0 Å². The molecule has 3 amide bonds. The third kappa shape index (κ3) is 5.28. The minimum Gasteiger partial charge on any atom is -0.379 e. The summed E-state index contributed by atoms with van der Waals surface area (Å²) in [6.07, 6.45) is 0.780. The maximum Gasteiger partial charge on any atom is 0.321 e. The van der Waals surface area contributed by atoms with Crippen LogP contribution in [0.4, 0.5) is 4.79 Å². The number of thiophene rings is 1. The number of amides is 3. The number of hydrogen-bond acceptors (Lipinski definition) is 5. The summed E-state index contributed by atoms with van der Waals surface area (Å²) in [5, 5.41) is 7.02. The summed E-state index contributed by atoms with van der Waals surface area (Å²) in [5.41, 5.74) is 0. The summed E-state index contributed by atoms with van der Waals surface area (Å²) in [7, 11) is 0. The topological polar surface area (TPSA) is 70.7 Å². The monoisotopic (exact) mass is 297 g/mol. The molecule has 1 aromatic rings. The normalized spacial score (nSPS) is 15.8. The Hall–Kier alpha value is -1.44. The van der Waals surface area contributed by atoms with Gasteiger partial charge >= 0.3 is 6.03 Å². The molecule has 20 heavy (non-hydrogen) atoms. The number of nitrogens with zero attached hydrogens (tertiary/aromatic N) is 1. The molecule has 1 saturated heterocycles. The van der Waals surface area contributed by atoms with Crippen LogP contribution in [0.5, 0.6) is 0 Å². The van der Waals surface area contributed by atoms with E-state index in [1.165, 1.54) is 4.88 Å². The zero-order valence-corrected chi connectivity index (χ0v) is 12.1. The largest absolute Gasteiger partial charge is 0.379 e. The van der Waals surface area contributed by atoms with Crippen molar-refractivity contribution in [1.82, 2.24) is 15.5 Å².